The number of hydrogen-bond acceptors (Lipinski definition) is 3. The molecule has 1 heterocycles. The number of anilines is 1. The van der Waals surface area contributed by atoms with Gasteiger partial charge in [-0.15, -0.1) is 0 Å². The molecule has 1 aliphatic carbocycles. The van der Waals surface area contributed by atoms with Crippen LogP contribution in [0.5, 0.6) is 0 Å². The first-order valence-corrected chi connectivity index (χ1v) is 5.98. The second-order valence-corrected chi connectivity index (χ2v) is 5.07. The Balaban J connectivity index is 2.30. The van der Waals surface area contributed by atoms with Crippen LogP contribution in [-0.2, 0) is 0 Å². The van der Waals surface area contributed by atoms with E-state index in [1.807, 2.05) is 13.0 Å². The maximum Gasteiger partial charge on any atom is 0.339 e. The Labute approximate surface area is 101 Å². The van der Waals surface area contributed by atoms with Gasteiger partial charge in [-0.3, -0.25) is 4.98 Å². The van der Waals surface area contributed by atoms with Crippen molar-refractivity contribution in [2.75, 3.05) is 5.32 Å². The van der Waals surface area contributed by atoms with E-state index in [9.17, 15) is 4.79 Å². The van der Waals surface area contributed by atoms with Crippen LogP contribution >= 0.6 is 0 Å². The van der Waals surface area contributed by atoms with Gasteiger partial charge in [0.15, 0.2) is 0 Å². The number of nitrogens with zero attached hydrogens (tertiary/aromatic N) is 1. The smallest absolute Gasteiger partial charge is 0.339 e. The number of rotatable bonds is 3. The van der Waals surface area contributed by atoms with Crippen molar-refractivity contribution in [1.82, 2.24) is 4.98 Å². The Morgan fingerprint density at radius 1 is 1.47 bits per heavy atom. The van der Waals surface area contributed by atoms with Crippen molar-refractivity contribution < 1.29 is 9.90 Å². The summed E-state index contributed by atoms with van der Waals surface area (Å²) in [6.45, 7) is 4.02. The highest BCUT2D eigenvalue weighted by molar-refractivity contribution is 5.94. The largest absolute Gasteiger partial charge is 0.478 e. The summed E-state index contributed by atoms with van der Waals surface area (Å²) < 4.78 is 0. The predicted octanol–water partition coefficient (Wildman–Crippen LogP) is 2.83. The molecule has 0 atom stereocenters. The van der Waals surface area contributed by atoms with Crippen molar-refractivity contribution >= 4 is 11.7 Å². The van der Waals surface area contributed by atoms with Gasteiger partial charge in [0.25, 0.3) is 0 Å². The van der Waals surface area contributed by atoms with Crippen LogP contribution < -0.4 is 5.32 Å². The van der Waals surface area contributed by atoms with Gasteiger partial charge in [0, 0.05) is 17.4 Å². The minimum Gasteiger partial charge on any atom is -0.478 e. The van der Waals surface area contributed by atoms with E-state index in [0.29, 0.717) is 5.69 Å². The fourth-order valence-corrected chi connectivity index (χ4v) is 2.44. The second-order valence-electron chi connectivity index (χ2n) is 5.07. The molecule has 2 N–H and O–H groups in total. The number of aromatic nitrogens is 1. The van der Waals surface area contributed by atoms with Gasteiger partial charge in [-0.1, -0.05) is 12.8 Å². The summed E-state index contributed by atoms with van der Waals surface area (Å²) in [4.78, 5) is 15.2. The third-order valence-electron chi connectivity index (χ3n) is 3.41. The second kappa shape index (κ2) is 4.35. The number of carboxylic acids is 1. The van der Waals surface area contributed by atoms with Crippen molar-refractivity contribution in [3.63, 3.8) is 0 Å². The van der Waals surface area contributed by atoms with E-state index in [1.165, 1.54) is 19.0 Å². The molecule has 0 spiro atoms. The molecule has 4 heteroatoms. The first-order chi connectivity index (χ1) is 8.00. The average Bonchev–Trinajstić information content (AvgIpc) is 2.64. The molecule has 2 rings (SSSR count). The zero-order valence-electron chi connectivity index (χ0n) is 10.3. The van der Waals surface area contributed by atoms with Gasteiger partial charge in [-0.25, -0.2) is 4.79 Å². The lowest BCUT2D eigenvalue weighted by molar-refractivity contribution is 0.0697. The minimum absolute atomic E-state index is 0.0258. The Morgan fingerprint density at radius 3 is 2.71 bits per heavy atom. The fourth-order valence-electron chi connectivity index (χ4n) is 2.44. The lowest BCUT2D eigenvalue weighted by Crippen LogP contribution is -2.31. The summed E-state index contributed by atoms with van der Waals surface area (Å²) >= 11 is 0. The molecular weight excluding hydrogens is 216 g/mol. The zero-order valence-corrected chi connectivity index (χ0v) is 10.3. The van der Waals surface area contributed by atoms with Crippen molar-refractivity contribution in [3.05, 3.63) is 23.5 Å². The molecule has 0 saturated heterocycles. The number of hydrogen-bond donors (Lipinski definition) is 2. The number of pyridine rings is 1. The lowest BCUT2D eigenvalue weighted by atomic mass is 9.99. The lowest BCUT2D eigenvalue weighted by Gasteiger charge is -2.27. The molecule has 17 heavy (non-hydrogen) atoms. The van der Waals surface area contributed by atoms with Crippen LogP contribution in [0.15, 0.2) is 12.3 Å². The minimum atomic E-state index is -0.929. The molecule has 0 radical (unpaired) electrons. The van der Waals surface area contributed by atoms with Gasteiger partial charge < -0.3 is 10.4 Å². The molecule has 0 aliphatic heterocycles. The van der Waals surface area contributed by atoms with Crippen LogP contribution in [0.4, 0.5) is 5.69 Å². The van der Waals surface area contributed by atoms with E-state index in [1.54, 1.807) is 0 Å². The van der Waals surface area contributed by atoms with Crippen LogP contribution in [0.2, 0.25) is 0 Å². The molecule has 1 aromatic rings. The number of aryl methyl sites for hydroxylation is 1. The number of carbonyl (C=O) groups is 1. The molecular formula is C13H18N2O2. The molecule has 1 saturated carbocycles. The molecule has 1 fully saturated rings. The van der Waals surface area contributed by atoms with E-state index in [0.717, 1.165) is 18.5 Å². The number of carboxylic acid groups (broad SMARTS) is 1. The van der Waals surface area contributed by atoms with E-state index < -0.39 is 5.97 Å². The topological polar surface area (TPSA) is 62.2 Å². The van der Waals surface area contributed by atoms with Gasteiger partial charge in [0.2, 0.25) is 0 Å². The third-order valence-corrected chi connectivity index (χ3v) is 3.41. The van der Waals surface area contributed by atoms with Crippen LogP contribution in [-0.4, -0.2) is 21.6 Å². The van der Waals surface area contributed by atoms with Crippen LogP contribution in [0, 0.1) is 6.92 Å². The van der Waals surface area contributed by atoms with E-state index in [4.69, 9.17) is 5.11 Å². The average molecular weight is 234 g/mol. The van der Waals surface area contributed by atoms with Gasteiger partial charge in [-0.2, -0.15) is 0 Å². The Kier molecular flexibility index (Phi) is 3.05. The Hall–Kier alpha value is -1.58. The maximum absolute atomic E-state index is 11.1. The molecule has 0 aromatic carbocycles. The van der Waals surface area contributed by atoms with Gasteiger partial charge >= 0.3 is 5.97 Å². The maximum atomic E-state index is 11.1. The molecule has 0 bridgehead atoms. The monoisotopic (exact) mass is 234 g/mol. The first kappa shape index (κ1) is 11.9. The van der Waals surface area contributed by atoms with Crippen molar-refractivity contribution in [3.8, 4) is 0 Å². The summed E-state index contributed by atoms with van der Waals surface area (Å²) in [5.41, 5.74) is 1.80. The molecule has 1 aliphatic rings. The first-order valence-electron chi connectivity index (χ1n) is 5.98. The summed E-state index contributed by atoms with van der Waals surface area (Å²) in [5, 5.41) is 12.5. The molecule has 92 valence electrons. The van der Waals surface area contributed by atoms with Gasteiger partial charge in [0.1, 0.15) is 5.56 Å². The molecule has 4 nitrogen and oxygen atoms in total. The summed E-state index contributed by atoms with van der Waals surface area (Å²) in [5.74, 6) is -0.929. The fraction of sp³-hybridized carbons (Fsp3) is 0.538. The highest BCUT2D eigenvalue weighted by atomic mass is 16.4. The quantitative estimate of drug-likeness (QED) is 0.844. The number of nitrogens with one attached hydrogen (secondary N) is 1. The predicted molar refractivity (Wildman–Crippen MR) is 66.4 cm³/mol. The highest BCUT2D eigenvalue weighted by Gasteiger charge is 2.29. The highest BCUT2D eigenvalue weighted by Crippen LogP contribution is 2.33. The standard InChI is InChI=1S/C13H18N2O2/c1-9-7-11(10(8-14-9)12(16)17)15-13(2)5-3-4-6-13/h7-8H,3-6H2,1-2H3,(H,14,15)(H,16,17). The van der Waals surface area contributed by atoms with Crippen LogP contribution in [0.1, 0.15) is 48.7 Å². The van der Waals surface area contributed by atoms with Crippen molar-refractivity contribution in [1.29, 1.82) is 0 Å². The van der Waals surface area contributed by atoms with Crippen molar-refractivity contribution in [2.45, 2.75) is 45.1 Å². The van der Waals surface area contributed by atoms with E-state index in [2.05, 4.69) is 17.2 Å². The normalized spacial score (nSPS) is 18.0. The van der Waals surface area contributed by atoms with Gasteiger partial charge in [0.05, 0.1) is 5.69 Å². The van der Waals surface area contributed by atoms with Crippen molar-refractivity contribution in [2.24, 2.45) is 0 Å². The molecule has 0 unspecified atom stereocenters. The number of aromatic carboxylic acids is 1. The Bertz CT molecular complexity index is 437. The van der Waals surface area contributed by atoms with Gasteiger partial charge in [-0.05, 0) is 32.8 Å². The summed E-state index contributed by atoms with van der Waals surface area (Å²) in [6.07, 6.45) is 6.02. The summed E-state index contributed by atoms with van der Waals surface area (Å²) in [7, 11) is 0. The Morgan fingerprint density at radius 2 is 2.12 bits per heavy atom. The molecule has 0 amide bonds. The van der Waals surface area contributed by atoms with Crippen LogP contribution in [0.3, 0.4) is 0 Å². The van der Waals surface area contributed by atoms with Crippen LogP contribution in [0.25, 0.3) is 0 Å². The van der Waals surface area contributed by atoms with E-state index in [-0.39, 0.29) is 11.1 Å². The molecule has 1 aromatic heterocycles. The van der Waals surface area contributed by atoms with E-state index >= 15 is 0 Å². The summed E-state index contributed by atoms with van der Waals surface area (Å²) in [6, 6.07) is 1.81. The third kappa shape index (κ3) is 2.57. The SMILES string of the molecule is Cc1cc(NC2(C)CCCC2)c(C(=O)O)cn1. The zero-order chi connectivity index (χ0) is 12.5.